The van der Waals surface area contributed by atoms with Crippen LogP contribution in [0.2, 0.25) is 0 Å². The van der Waals surface area contributed by atoms with E-state index in [1.54, 1.807) is 11.8 Å². The first kappa shape index (κ1) is 16.2. The zero-order valence-electron chi connectivity index (χ0n) is 12.1. The zero-order valence-corrected chi connectivity index (χ0v) is 13.7. The van der Waals surface area contributed by atoms with Crippen LogP contribution in [0.1, 0.15) is 20.8 Å². The van der Waals surface area contributed by atoms with Crippen molar-refractivity contribution in [2.75, 3.05) is 23.4 Å². The largest absolute Gasteiger partial charge is 0.459 e. The average Bonchev–Trinajstić information content (AvgIpc) is 2.34. The molecule has 0 saturated heterocycles. The maximum absolute atomic E-state index is 11.8. The molecule has 1 aromatic rings. The van der Waals surface area contributed by atoms with Crippen LogP contribution in [0, 0.1) is 0 Å². The lowest BCUT2D eigenvalue weighted by atomic mass is 10.2. The molecule has 0 aliphatic carbocycles. The van der Waals surface area contributed by atoms with Crippen LogP contribution in [-0.2, 0) is 9.53 Å². The summed E-state index contributed by atoms with van der Waals surface area (Å²) in [5.41, 5.74) is 0.570. The highest BCUT2D eigenvalue weighted by atomic mass is 32.2. The second-order valence-electron chi connectivity index (χ2n) is 5.00. The fourth-order valence-electron chi connectivity index (χ4n) is 1.50. The SMILES string of the molecule is CSc1ccc(N(CC(=O)OC(C)(C)C)SC)cc1. The Morgan fingerprint density at radius 1 is 1.21 bits per heavy atom. The third-order valence-electron chi connectivity index (χ3n) is 2.27. The van der Waals surface area contributed by atoms with Crippen molar-refractivity contribution < 1.29 is 9.53 Å². The van der Waals surface area contributed by atoms with Gasteiger partial charge in [-0.15, -0.1) is 11.8 Å². The van der Waals surface area contributed by atoms with Crippen molar-refractivity contribution in [2.24, 2.45) is 0 Å². The summed E-state index contributed by atoms with van der Waals surface area (Å²) >= 11 is 3.22. The van der Waals surface area contributed by atoms with Crippen molar-refractivity contribution in [1.29, 1.82) is 0 Å². The van der Waals surface area contributed by atoms with Gasteiger partial charge in [-0.3, -0.25) is 4.79 Å². The Labute approximate surface area is 124 Å². The number of carbonyl (C=O) groups is 1. The first-order valence-corrected chi connectivity index (χ1v) is 8.44. The average molecular weight is 299 g/mol. The summed E-state index contributed by atoms with van der Waals surface area (Å²) in [6.45, 7) is 5.88. The van der Waals surface area contributed by atoms with Crippen LogP contribution >= 0.6 is 23.7 Å². The van der Waals surface area contributed by atoms with E-state index >= 15 is 0 Å². The van der Waals surface area contributed by atoms with Gasteiger partial charge in [-0.1, -0.05) is 11.9 Å². The zero-order chi connectivity index (χ0) is 14.5. The first-order chi connectivity index (χ1) is 8.85. The van der Waals surface area contributed by atoms with E-state index in [1.807, 2.05) is 49.7 Å². The minimum atomic E-state index is -0.441. The maximum atomic E-state index is 11.8. The van der Waals surface area contributed by atoms with Gasteiger partial charge in [-0.2, -0.15) is 0 Å². The molecule has 0 aliphatic heterocycles. The molecule has 19 heavy (non-hydrogen) atoms. The summed E-state index contributed by atoms with van der Waals surface area (Å²) < 4.78 is 7.27. The maximum Gasteiger partial charge on any atom is 0.327 e. The van der Waals surface area contributed by atoms with Crippen molar-refractivity contribution >= 4 is 35.4 Å². The number of hydrogen-bond acceptors (Lipinski definition) is 5. The number of thioether (sulfide) groups is 1. The predicted octanol–water partition coefficient (Wildman–Crippen LogP) is 3.83. The highest BCUT2D eigenvalue weighted by Crippen LogP contribution is 2.24. The molecule has 0 unspecified atom stereocenters. The molecule has 1 aromatic carbocycles. The number of anilines is 1. The monoisotopic (exact) mass is 299 g/mol. The van der Waals surface area contributed by atoms with Gasteiger partial charge < -0.3 is 9.04 Å². The number of rotatable bonds is 5. The van der Waals surface area contributed by atoms with Gasteiger partial charge in [0.05, 0.1) is 0 Å². The molecule has 0 aliphatic rings. The Bertz CT molecular complexity index is 412. The van der Waals surface area contributed by atoms with Crippen LogP contribution in [0.15, 0.2) is 29.2 Å². The summed E-state index contributed by atoms with van der Waals surface area (Å²) in [4.78, 5) is 13.1. The quantitative estimate of drug-likeness (QED) is 0.468. The van der Waals surface area contributed by atoms with Crippen molar-refractivity contribution in [3.8, 4) is 0 Å². The summed E-state index contributed by atoms with van der Waals surface area (Å²) in [7, 11) is 0. The topological polar surface area (TPSA) is 29.5 Å². The fourth-order valence-corrected chi connectivity index (χ4v) is 2.48. The molecule has 0 N–H and O–H groups in total. The molecule has 0 saturated carbocycles. The van der Waals surface area contributed by atoms with Crippen LogP contribution in [0.4, 0.5) is 5.69 Å². The number of hydrogen-bond donors (Lipinski definition) is 0. The lowest BCUT2D eigenvalue weighted by Gasteiger charge is -2.24. The van der Waals surface area contributed by atoms with Gasteiger partial charge in [0.2, 0.25) is 0 Å². The summed E-state index contributed by atoms with van der Waals surface area (Å²) in [5.74, 6) is -0.212. The summed E-state index contributed by atoms with van der Waals surface area (Å²) in [6, 6.07) is 8.15. The second kappa shape index (κ2) is 7.10. The van der Waals surface area contributed by atoms with Crippen LogP contribution in [0.5, 0.6) is 0 Å². The van der Waals surface area contributed by atoms with Gasteiger partial charge in [-0.25, -0.2) is 0 Å². The van der Waals surface area contributed by atoms with Gasteiger partial charge in [0.15, 0.2) is 0 Å². The second-order valence-corrected chi connectivity index (χ2v) is 6.69. The number of nitrogens with zero attached hydrogens (tertiary/aromatic N) is 1. The normalized spacial score (nSPS) is 11.2. The van der Waals surface area contributed by atoms with E-state index in [9.17, 15) is 4.79 Å². The molecule has 5 heteroatoms. The van der Waals surface area contributed by atoms with Crippen LogP contribution < -0.4 is 4.31 Å². The van der Waals surface area contributed by atoms with Crippen LogP contribution in [0.25, 0.3) is 0 Å². The third-order valence-corrected chi connectivity index (χ3v) is 3.80. The van der Waals surface area contributed by atoms with Gasteiger partial charge in [0, 0.05) is 16.8 Å². The lowest BCUT2D eigenvalue weighted by Crippen LogP contribution is -2.31. The Hall–Kier alpha value is -0.810. The molecular formula is C14H21NO2S2. The van der Waals surface area contributed by atoms with Crippen LogP contribution in [0.3, 0.4) is 0 Å². The van der Waals surface area contributed by atoms with Gasteiger partial charge in [0.1, 0.15) is 12.1 Å². The molecule has 106 valence electrons. The Kier molecular flexibility index (Phi) is 6.07. The fraction of sp³-hybridized carbons (Fsp3) is 0.500. The highest BCUT2D eigenvalue weighted by Gasteiger charge is 2.19. The van der Waals surface area contributed by atoms with E-state index in [1.165, 1.54) is 16.8 Å². The molecule has 0 spiro atoms. The van der Waals surface area contributed by atoms with Crippen molar-refractivity contribution in [3.05, 3.63) is 24.3 Å². The summed E-state index contributed by atoms with van der Waals surface area (Å²) in [5, 5.41) is 0. The van der Waals surface area contributed by atoms with Crippen molar-refractivity contribution in [2.45, 2.75) is 31.3 Å². The van der Waals surface area contributed by atoms with E-state index in [0.29, 0.717) is 0 Å². The van der Waals surface area contributed by atoms with Crippen LogP contribution in [-0.4, -0.2) is 30.6 Å². The number of carbonyl (C=O) groups excluding carboxylic acids is 1. The predicted molar refractivity (Wildman–Crippen MR) is 84.9 cm³/mol. The summed E-state index contributed by atoms with van der Waals surface area (Å²) in [6.07, 6.45) is 3.99. The minimum Gasteiger partial charge on any atom is -0.459 e. The first-order valence-electron chi connectivity index (χ1n) is 6.03. The molecule has 0 fully saturated rings. The van der Waals surface area contributed by atoms with Gasteiger partial charge >= 0.3 is 5.97 Å². The smallest absolute Gasteiger partial charge is 0.327 e. The number of ether oxygens (including phenoxy) is 1. The molecule has 1 rings (SSSR count). The number of benzene rings is 1. The van der Waals surface area contributed by atoms with E-state index < -0.39 is 5.60 Å². The standard InChI is InChI=1S/C14H21NO2S2/c1-14(2,3)17-13(16)10-15(19-5)11-6-8-12(18-4)9-7-11/h6-9H,10H2,1-5H3. The molecular weight excluding hydrogens is 278 g/mol. The Balaban J connectivity index is 2.69. The molecule has 0 aromatic heterocycles. The van der Waals surface area contributed by atoms with Gasteiger partial charge in [0.25, 0.3) is 0 Å². The molecule has 0 heterocycles. The number of esters is 1. The van der Waals surface area contributed by atoms with Gasteiger partial charge in [-0.05, 0) is 51.3 Å². The molecule has 0 amide bonds. The lowest BCUT2D eigenvalue weighted by molar-refractivity contribution is -0.152. The Morgan fingerprint density at radius 3 is 2.21 bits per heavy atom. The van der Waals surface area contributed by atoms with Crippen molar-refractivity contribution in [1.82, 2.24) is 0 Å². The van der Waals surface area contributed by atoms with E-state index in [4.69, 9.17) is 4.74 Å². The van der Waals surface area contributed by atoms with Crippen molar-refractivity contribution in [3.63, 3.8) is 0 Å². The molecule has 0 atom stereocenters. The van der Waals surface area contributed by atoms with E-state index in [2.05, 4.69) is 12.1 Å². The molecule has 0 radical (unpaired) electrons. The molecule has 3 nitrogen and oxygen atoms in total. The highest BCUT2D eigenvalue weighted by molar-refractivity contribution is 8.00. The molecule has 0 bridgehead atoms. The Morgan fingerprint density at radius 2 is 1.79 bits per heavy atom. The van der Waals surface area contributed by atoms with E-state index in [0.717, 1.165) is 5.69 Å². The minimum absolute atomic E-state index is 0.212. The van der Waals surface area contributed by atoms with E-state index in [-0.39, 0.29) is 12.5 Å². The third kappa shape index (κ3) is 5.78.